The molecule has 2 rings (SSSR count). The summed E-state index contributed by atoms with van der Waals surface area (Å²) in [6, 6.07) is 12.2. The van der Waals surface area contributed by atoms with Crippen LogP contribution in [0.1, 0.15) is 34.8 Å². The van der Waals surface area contributed by atoms with Crippen molar-refractivity contribution in [2.24, 2.45) is 5.73 Å². The van der Waals surface area contributed by atoms with Crippen molar-refractivity contribution in [3.05, 3.63) is 59.2 Å². The lowest BCUT2D eigenvalue weighted by molar-refractivity contribution is -0.119. The van der Waals surface area contributed by atoms with Gasteiger partial charge in [-0.3, -0.25) is 19.3 Å². The number of carbonyl (C=O) groups excluding carboxylic acids is 3. The molecule has 7 heteroatoms. The number of likely N-dealkylation sites (N-methyl/N-ethyl adjacent to an activating group) is 1. The molecule has 0 bridgehead atoms. The summed E-state index contributed by atoms with van der Waals surface area (Å²) in [5, 5.41) is 5.67. The topological polar surface area (TPSA) is 105 Å². The number of hydrogen-bond acceptors (Lipinski definition) is 4. The standard InChI is InChI=1S/C22H28N4O3/c1-4-26(14-21(28)25-19-8-5-15(2)16(3)13-19)12-11-20(27)24-18-9-6-17(7-10-18)22(23)29/h5-10,13H,4,11-12,14H2,1-3H3,(H2,23,29)(H,24,27)(H,25,28). The van der Waals surface area contributed by atoms with Gasteiger partial charge in [0.15, 0.2) is 0 Å². The van der Waals surface area contributed by atoms with E-state index in [-0.39, 0.29) is 24.8 Å². The van der Waals surface area contributed by atoms with E-state index in [2.05, 4.69) is 10.6 Å². The number of amides is 3. The zero-order valence-electron chi connectivity index (χ0n) is 17.1. The molecule has 2 aromatic rings. The number of aryl methyl sites for hydroxylation is 2. The van der Waals surface area contributed by atoms with Crippen LogP contribution in [-0.2, 0) is 9.59 Å². The number of anilines is 2. The molecule has 0 saturated carbocycles. The molecule has 0 atom stereocenters. The van der Waals surface area contributed by atoms with Crippen molar-refractivity contribution in [1.82, 2.24) is 4.90 Å². The van der Waals surface area contributed by atoms with Crippen LogP contribution >= 0.6 is 0 Å². The molecule has 0 aliphatic heterocycles. The van der Waals surface area contributed by atoms with Crippen LogP contribution in [0.5, 0.6) is 0 Å². The Hall–Kier alpha value is -3.19. The monoisotopic (exact) mass is 396 g/mol. The van der Waals surface area contributed by atoms with Crippen molar-refractivity contribution in [1.29, 1.82) is 0 Å². The van der Waals surface area contributed by atoms with E-state index in [1.165, 1.54) is 5.56 Å². The Kier molecular flexibility index (Phi) is 7.91. The molecular weight excluding hydrogens is 368 g/mol. The van der Waals surface area contributed by atoms with Crippen LogP contribution in [-0.4, -0.2) is 42.3 Å². The number of benzene rings is 2. The molecule has 0 fully saturated rings. The highest BCUT2D eigenvalue weighted by molar-refractivity contribution is 5.95. The summed E-state index contributed by atoms with van der Waals surface area (Å²) in [6.07, 6.45) is 0.252. The summed E-state index contributed by atoms with van der Waals surface area (Å²) in [5.74, 6) is -0.789. The second-order valence-electron chi connectivity index (χ2n) is 6.96. The molecule has 0 saturated heterocycles. The number of rotatable bonds is 9. The molecule has 0 unspecified atom stereocenters. The third kappa shape index (κ3) is 7.04. The molecule has 0 aromatic heterocycles. The lowest BCUT2D eigenvalue weighted by Crippen LogP contribution is -2.35. The van der Waals surface area contributed by atoms with Gasteiger partial charge < -0.3 is 16.4 Å². The van der Waals surface area contributed by atoms with Crippen LogP contribution in [0, 0.1) is 13.8 Å². The highest BCUT2D eigenvalue weighted by Crippen LogP contribution is 2.14. The molecule has 4 N–H and O–H groups in total. The normalized spacial score (nSPS) is 10.6. The minimum Gasteiger partial charge on any atom is -0.366 e. The fourth-order valence-electron chi connectivity index (χ4n) is 2.77. The Morgan fingerprint density at radius 1 is 0.897 bits per heavy atom. The van der Waals surface area contributed by atoms with Crippen LogP contribution in [0.3, 0.4) is 0 Å². The van der Waals surface area contributed by atoms with Gasteiger partial charge in [0.1, 0.15) is 0 Å². The molecule has 0 aliphatic rings. The minimum absolute atomic E-state index is 0.113. The van der Waals surface area contributed by atoms with Gasteiger partial charge in [-0.15, -0.1) is 0 Å². The smallest absolute Gasteiger partial charge is 0.248 e. The Morgan fingerprint density at radius 2 is 1.52 bits per heavy atom. The second kappa shape index (κ2) is 10.4. The number of primary amides is 1. The predicted molar refractivity (Wildman–Crippen MR) is 115 cm³/mol. The molecule has 0 spiro atoms. The van der Waals surface area contributed by atoms with Gasteiger partial charge in [-0.1, -0.05) is 13.0 Å². The van der Waals surface area contributed by atoms with E-state index in [0.717, 1.165) is 11.3 Å². The summed E-state index contributed by atoms with van der Waals surface area (Å²) in [5.41, 5.74) is 9.24. The van der Waals surface area contributed by atoms with Crippen molar-refractivity contribution < 1.29 is 14.4 Å². The van der Waals surface area contributed by atoms with Gasteiger partial charge in [-0.05, 0) is 67.9 Å². The van der Waals surface area contributed by atoms with Gasteiger partial charge in [0.05, 0.1) is 6.54 Å². The summed E-state index contributed by atoms with van der Waals surface area (Å²) in [6.45, 7) is 7.30. The quantitative estimate of drug-likeness (QED) is 0.606. The lowest BCUT2D eigenvalue weighted by atomic mass is 10.1. The van der Waals surface area contributed by atoms with Crippen LogP contribution in [0.2, 0.25) is 0 Å². The first-order valence-corrected chi connectivity index (χ1v) is 9.57. The highest BCUT2D eigenvalue weighted by Gasteiger charge is 2.12. The third-order valence-corrected chi connectivity index (χ3v) is 4.71. The van der Waals surface area contributed by atoms with Crippen molar-refractivity contribution in [2.75, 3.05) is 30.3 Å². The third-order valence-electron chi connectivity index (χ3n) is 4.71. The maximum atomic E-state index is 12.3. The highest BCUT2D eigenvalue weighted by atomic mass is 16.2. The van der Waals surface area contributed by atoms with Crippen molar-refractivity contribution >= 4 is 29.1 Å². The Bertz CT molecular complexity index is 878. The largest absolute Gasteiger partial charge is 0.366 e. The van der Waals surface area contributed by atoms with E-state index in [1.54, 1.807) is 24.3 Å². The Labute approximate surface area is 171 Å². The number of carbonyl (C=O) groups is 3. The molecule has 3 amide bonds. The molecule has 154 valence electrons. The first kappa shape index (κ1) is 22.1. The summed E-state index contributed by atoms with van der Waals surface area (Å²) < 4.78 is 0. The second-order valence-corrected chi connectivity index (χ2v) is 6.96. The van der Waals surface area contributed by atoms with Crippen molar-refractivity contribution in [3.63, 3.8) is 0 Å². The molecule has 2 aromatic carbocycles. The van der Waals surface area contributed by atoms with Crippen LogP contribution in [0.4, 0.5) is 11.4 Å². The maximum absolute atomic E-state index is 12.3. The summed E-state index contributed by atoms with van der Waals surface area (Å²) in [7, 11) is 0. The fraction of sp³-hybridized carbons (Fsp3) is 0.318. The number of hydrogen-bond donors (Lipinski definition) is 3. The average Bonchev–Trinajstić information content (AvgIpc) is 2.68. The van der Waals surface area contributed by atoms with E-state index in [4.69, 9.17) is 5.73 Å². The number of nitrogens with one attached hydrogen (secondary N) is 2. The first-order valence-electron chi connectivity index (χ1n) is 9.57. The van der Waals surface area contributed by atoms with E-state index < -0.39 is 5.91 Å². The average molecular weight is 396 g/mol. The predicted octanol–water partition coefficient (Wildman–Crippen LogP) is 2.69. The van der Waals surface area contributed by atoms with Gasteiger partial charge in [0.25, 0.3) is 0 Å². The van der Waals surface area contributed by atoms with E-state index in [0.29, 0.717) is 24.3 Å². The van der Waals surface area contributed by atoms with Gasteiger partial charge in [0.2, 0.25) is 17.7 Å². The van der Waals surface area contributed by atoms with E-state index >= 15 is 0 Å². The zero-order valence-corrected chi connectivity index (χ0v) is 17.1. The van der Waals surface area contributed by atoms with Crippen molar-refractivity contribution in [3.8, 4) is 0 Å². The van der Waals surface area contributed by atoms with E-state index in [9.17, 15) is 14.4 Å². The molecule has 0 radical (unpaired) electrons. The zero-order chi connectivity index (χ0) is 21.4. The molecule has 29 heavy (non-hydrogen) atoms. The van der Waals surface area contributed by atoms with Gasteiger partial charge >= 0.3 is 0 Å². The number of nitrogens with two attached hydrogens (primary N) is 1. The molecular formula is C22H28N4O3. The minimum atomic E-state index is -0.513. The van der Waals surface area contributed by atoms with Gasteiger partial charge in [0, 0.05) is 29.9 Å². The van der Waals surface area contributed by atoms with Crippen LogP contribution in [0.25, 0.3) is 0 Å². The first-order chi connectivity index (χ1) is 13.8. The SMILES string of the molecule is CCN(CCC(=O)Nc1ccc(C(N)=O)cc1)CC(=O)Nc1ccc(C)c(C)c1. The lowest BCUT2D eigenvalue weighted by Gasteiger charge is -2.19. The molecule has 7 nitrogen and oxygen atoms in total. The van der Waals surface area contributed by atoms with Crippen LogP contribution < -0.4 is 16.4 Å². The molecule has 0 aliphatic carbocycles. The summed E-state index contributed by atoms with van der Waals surface area (Å²) in [4.78, 5) is 37.5. The maximum Gasteiger partial charge on any atom is 0.248 e. The van der Waals surface area contributed by atoms with Crippen LogP contribution in [0.15, 0.2) is 42.5 Å². The van der Waals surface area contributed by atoms with Gasteiger partial charge in [-0.2, -0.15) is 0 Å². The van der Waals surface area contributed by atoms with Gasteiger partial charge in [-0.25, -0.2) is 0 Å². The number of nitrogens with zero attached hydrogens (tertiary/aromatic N) is 1. The van der Waals surface area contributed by atoms with Crippen molar-refractivity contribution in [2.45, 2.75) is 27.2 Å². The summed E-state index contributed by atoms with van der Waals surface area (Å²) >= 11 is 0. The van der Waals surface area contributed by atoms with E-state index in [1.807, 2.05) is 43.9 Å². The Morgan fingerprint density at radius 3 is 2.10 bits per heavy atom. The fourth-order valence-corrected chi connectivity index (χ4v) is 2.77. The Balaban J connectivity index is 1.81. The molecule has 0 heterocycles.